The summed E-state index contributed by atoms with van der Waals surface area (Å²) in [5.41, 5.74) is 2.02. The Hall–Kier alpha value is -2.10. The SMILES string of the molecule is COc1ccccc1OCCCc1nc(C)cc(C)n1. The Morgan fingerprint density at radius 3 is 2.30 bits per heavy atom. The topological polar surface area (TPSA) is 44.2 Å². The fraction of sp³-hybridized carbons (Fsp3) is 0.375. The number of benzene rings is 1. The van der Waals surface area contributed by atoms with Gasteiger partial charge in [0.1, 0.15) is 5.82 Å². The van der Waals surface area contributed by atoms with Crippen LogP contribution in [0.4, 0.5) is 0 Å². The van der Waals surface area contributed by atoms with Gasteiger partial charge in [-0.1, -0.05) is 12.1 Å². The number of nitrogens with zero attached hydrogens (tertiary/aromatic N) is 2. The molecule has 106 valence electrons. The van der Waals surface area contributed by atoms with Crippen LogP contribution < -0.4 is 9.47 Å². The van der Waals surface area contributed by atoms with Gasteiger partial charge in [0.2, 0.25) is 0 Å². The van der Waals surface area contributed by atoms with Crippen molar-refractivity contribution in [2.75, 3.05) is 13.7 Å². The Bertz CT molecular complexity index is 550. The molecule has 0 atom stereocenters. The minimum atomic E-state index is 0.622. The van der Waals surface area contributed by atoms with E-state index in [0.29, 0.717) is 6.61 Å². The zero-order chi connectivity index (χ0) is 14.4. The van der Waals surface area contributed by atoms with Crippen molar-refractivity contribution in [2.45, 2.75) is 26.7 Å². The molecule has 0 spiro atoms. The molecule has 1 aromatic heterocycles. The lowest BCUT2D eigenvalue weighted by Crippen LogP contribution is -2.04. The zero-order valence-corrected chi connectivity index (χ0v) is 12.2. The van der Waals surface area contributed by atoms with Crippen LogP contribution in [0, 0.1) is 13.8 Å². The van der Waals surface area contributed by atoms with Gasteiger partial charge in [-0.25, -0.2) is 9.97 Å². The highest BCUT2D eigenvalue weighted by molar-refractivity contribution is 5.39. The number of aryl methyl sites for hydroxylation is 3. The van der Waals surface area contributed by atoms with E-state index in [1.807, 2.05) is 44.2 Å². The molecule has 0 saturated heterocycles. The molecule has 1 heterocycles. The molecule has 2 rings (SSSR count). The van der Waals surface area contributed by atoms with Crippen LogP contribution in [0.2, 0.25) is 0 Å². The number of hydrogen-bond acceptors (Lipinski definition) is 4. The number of methoxy groups -OCH3 is 1. The maximum absolute atomic E-state index is 5.73. The second-order valence-electron chi connectivity index (χ2n) is 4.67. The Labute approximate surface area is 119 Å². The Balaban J connectivity index is 1.84. The summed E-state index contributed by atoms with van der Waals surface area (Å²) in [4.78, 5) is 8.84. The first-order valence-electron chi connectivity index (χ1n) is 6.76. The van der Waals surface area contributed by atoms with Crippen LogP contribution in [-0.2, 0) is 6.42 Å². The van der Waals surface area contributed by atoms with Gasteiger partial charge in [-0.05, 0) is 38.5 Å². The first-order valence-corrected chi connectivity index (χ1v) is 6.76. The van der Waals surface area contributed by atoms with Crippen molar-refractivity contribution in [1.82, 2.24) is 9.97 Å². The second kappa shape index (κ2) is 6.89. The van der Waals surface area contributed by atoms with Gasteiger partial charge in [-0.15, -0.1) is 0 Å². The molecule has 0 unspecified atom stereocenters. The van der Waals surface area contributed by atoms with E-state index >= 15 is 0 Å². The van der Waals surface area contributed by atoms with Crippen molar-refractivity contribution in [3.8, 4) is 11.5 Å². The molecule has 0 aliphatic carbocycles. The van der Waals surface area contributed by atoms with Crippen molar-refractivity contribution in [3.63, 3.8) is 0 Å². The van der Waals surface area contributed by atoms with E-state index < -0.39 is 0 Å². The monoisotopic (exact) mass is 272 g/mol. The number of para-hydroxylation sites is 2. The highest BCUT2D eigenvalue weighted by Crippen LogP contribution is 2.25. The van der Waals surface area contributed by atoms with Crippen molar-refractivity contribution >= 4 is 0 Å². The lowest BCUT2D eigenvalue weighted by Gasteiger charge is -2.10. The molecule has 0 aliphatic rings. The van der Waals surface area contributed by atoms with Crippen LogP contribution >= 0.6 is 0 Å². The molecule has 2 aromatic rings. The summed E-state index contributed by atoms with van der Waals surface area (Å²) in [6.45, 7) is 4.60. The third-order valence-electron chi connectivity index (χ3n) is 2.90. The van der Waals surface area contributed by atoms with Gasteiger partial charge in [0.15, 0.2) is 11.5 Å². The van der Waals surface area contributed by atoms with E-state index in [0.717, 1.165) is 41.6 Å². The first kappa shape index (κ1) is 14.3. The summed E-state index contributed by atoms with van der Waals surface area (Å²) in [7, 11) is 1.64. The van der Waals surface area contributed by atoms with Crippen LogP contribution in [-0.4, -0.2) is 23.7 Å². The van der Waals surface area contributed by atoms with Crippen molar-refractivity contribution in [2.24, 2.45) is 0 Å². The van der Waals surface area contributed by atoms with Crippen LogP contribution in [0.25, 0.3) is 0 Å². The Kier molecular flexibility index (Phi) is 4.93. The minimum absolute atomic E-state index is 0.622. The van der Waals surface area contributed by atoms with Crippen LogP contribution in [0.5, 0.6) is 11.5 Å². The molecule has 0 amide bonds. The number of hydrogen-bond donors (Lipinski definition) is 0. The van der Waals surface area contributed by atoms with Crippen molar-refractivity contribution in [3.05, 3.63) is 47.5 Å². The average Bonchev–Trinajstić information content (AvgIpc) is 2.43. The van der Waals surface area contributed by atoms with Gasteiger partial charge < -0.3 is 9.47 Å². The van der Waals surface area contributed by atoms with E-state index in [4.69, 9.17) is 9.47 Å². The summed E-state index contributed by atoms with van der Waals surface area (Å²) in [6, 6.07) is 9.64. The molecular weight excluding hydrogens is 252 g/mol. The van der Waals surface area contributed by atoms with E-state index in [1.54, 1.807) is 7.11 Å². The largest absolute Gasteiger partial charge is 0.493 e. The second-order valence-corrected chi connectivity index (χ2v) is 4.67. The van der Waals surface area contributed by atoms with E-state index in [-0.39, 0.29) is 0 Å². The van der Waals surface area contributed by atoms with Crippen molar-refractivity contribution < 1.29 is 9.47 Å². The number of ether oxygens (including phenoxy) is 2. The van der Waals surface area contributed by atoms with E-state index in [2.05, 4.69) is 9.97 Å². The molecule has 4 heteroatoms. The molecule has 20 heavy (non-hydrogen) atoms. The van der Waals surface area contributed by atoms with Gasteiger partial charge in [0, 0.05) is 17.8 Å². The van der Waals surface area contributed by atoms with Gasteiger partial charge in [0.05, 0.1) is 13.7 Å². The standard InChI is InChI=1S/C16H20N2O2/c1-12-11-13(2)18-16(17-12)9-6-10-20-15-8-5-4-7-14(15)19-3/h4-5,7-8,11H,6,9-10H2,1-3H3. The summed E-state index contributed by atoms with van der Waals surface area (Å²) in [5.74, 6) is 2.41. The zero-order valence-electron chi connectivity index (χ0n) is 12.2. The summed E-state index contributed by atoms with van der Waals surface area (Å²) < 4.78 is 11.0. The normalized spacial score (nSPS) is 10.3. The molecule has 0 aliphatic heterocycles. The molecule has 0 fully saturated rings. The lowest BCUT2D eigenvalue weighted by molar-refractivity contribution is 0.288. The smallest absolute Gasteiger partial charge is 0.161 e. The maximum atomic E-state index is 5.73. The Morgan fingerprint density at radius 2 is 1.65 bits per heavy atom. The molecular formula is C16H20N2O2. The van der Waals surface area contributed by atoms with Crippen LogP contribution in [0.3, 0.4) is 0 Å². The van der Waals surface area contributed by atoms with Gasteiger partial charge in [-0.2, -0.15) is 0 Å². The predicted molar refractivity (Wildman–Crippen MR) is 78.3 cm³/mol. The lowest BCUT2D eigenvalue weighted by atomic mass is 10.2. The highest BCUT2D eigenvalue weighted by atomic mass is 16.5. The van der Waals surface area contributed by atoms with Crippen LogP contribution in [0.1, 0.15) is 23.6 Å². The van der Waals surface area contributed by atoms with E-state index in [9.17, 15) is 0 Å². The molecule has 0 N–H and O–H groups in total. The highest BCUT2D eigenvalue weighted by Gasteiger charge is 2.03. The van der Waals surface area contributed by atoms with Crippen LogP contribution in [0.15, 0.2) is 30.3 Å². The summed E-state index contributed by atoms with van der Waals surface area (Å²) in [5, 5.41) is 0. The molecule has 0 radical (unpaired) electrons. The third-order valence-corrected chi connectivity index (χ3v) is 2.90. The van der Waals surface area contributed by atoms with E-state index in [1.165, 1.54) is 0 Å². The Morgan fingerprint density at radius 1 is 1.00 bits per heavy atom. The molecule has 0 saturated carbocycles. The van der Waals surface area contributed by atoms with Gasteiger partial charge in [0.25, 0.3) is 0 Å². The minimum Gasteiger partial charge on any atom is -0.493 e. The average molecular weight is 272 g/mol. The first-order chi connectivity index (χ1) is 9.69. The number of aromatic nitrogens is 2. The quantitative estimate of drug-likeness (QED) is 0.758. The maximum Gasteiger partial charge on any atom is 0.161 e. The fourth-order valence-corrected chi connectivity index (χ4v) is 2.06. The fourth-order valence-electron chi connectivity index (χ4n) is 2.06. The molecule has 4 nitrogen and oxygen atoms in total. The van der Waals surface area contributed by atoms with Crippen molar-refractivity contribution in [1.29, 1.82) is 0 Å². The third kappa shape index (κ3) is 3.95. The number of rotatable bonds is 6. The van der Waals surface area contributed by atoms with Gasteiger partial charge in [-0.3, -0.25) is 0 Å². The summed E-state index contributed by atoms with van der Waals surface area (Å²) >= 11 is 0. The molecule has 0 bridgehead atoms. The molecule has 1 aromatic carbocycles. The predicted octanol–water partition coefficient (Wildman–Crippen LogP) is 3.11. The summed E-state index contributed by atoms with van der Waals surface area (Å²) in [6.07, 6.45) is 1.69. The van der Waals surface area contributed by atoms with Gasteiger partial charge >= 0.3 is 0 Å².